The Bertz CT molecular complexity index is 288. The lowest BCUT2D eigenvalue weighted by molar-refractivity contribution is 0.689. The van der Waals surface area contributed by atoms with Gasteiger partial charge in [0, 0.05) is 19.4 Å². The van der Waals surface area contributed by atoms with E-state index in [4.69, 9.17) is 5.73 Å². The molecule has 0 spiro atoms. The zero-order chi connectivity index (χ0) is 9.26. The van der Waals surface area contributed by atoms with Crippen LogP contribution in [0.15, 0.2) is 0 Å². The molecular formula is C9H16N4. The van der Waals surface area contributed by atoms with Crippen molar-refractivity contribution >= 4 is 0 Å². The van der Waals surface area contributed by atoms with Gasteiger partial charge in [-0.05, 0) is 25.8 Å². The zero-order valence-corrected chi connectivity index (χ0v) is 8.03. The lowest BCUT2D eigenvalue weighted by Crippen LogP contribution is -2.01. The van der Waals surface area contributed by atoms with Crippen LogP contribution >= 0.6 is 0 Å². The second kappa shape index (κ2) is 3.46. The van der Waals surface area contributed by atoms with Crippen molar-refractivity contribution in [3.63, 3.8) is 0 Å². The van der Waals surface area contributed by atoms with Gasteiger partial charge >= 0.3 is 0 Å². The summed E-state index contributed by atoms with van der Waals surface area (Å²) in [7, 11) is 1.98. The summed E-state index contributed by atoms with van der Waals surface area (Å²) < 4.78 is 1.92. The van der Waals surface area contributed by atoms with E-state index in [9.17, 15) is 0 Å². The van der Waals surface area contributed by atoms with Crippen molar-refractivity contribution in [3.8, 4) is 0 Å². The monoisotopic (exact) mass is 180 g/mol. The lowest BCUT2D eigenvalue weighted by atomic mass is 10.3. The molecule has 0 bridgehead atoms. The molecule has 1 aromatic rings. The Morgan fingerprint density at radius 2 is 2.31 bits per heavy atom. The van der Waals surface area contributed by atoms with E-state index in [1.807, 2.05) is 11.7 Å². The number of aryl methyl sites for hydroxylation is 2. The first-order valence-electron chi connectivity index (χ1n) is 4.91. The van der Waals surface area contributed by atoms with Crippen LogP contribution in [0.25, 0.3) is 0 Å². The first kappa shape index (κ1) is 8.69. The highest BCUT2D eigenvalue weighted by Gasteiger charge is 2.28. The van der Waals surface area contributed by atoms with Gasteiger partial charge in [0.05, 0.1) is 0 Å². The van der Waals surface area contributed by atoms with Gasteiger partial charge in [-0.25, -0.2) is 4.98 Å². The van der Waals surface area contributed by atoms with Crippen LogP contribution in [-0.2, 0) is 13.5 Å². The van der Waals surface area contributed by atoms with Crippen molar-refractivity contribution in [1.82, 2.24) is 14.8 Å². The van der Waals surface area contributed by atoms with Crippen LogP contribution in [0, 0.1) is 0 Å². The molecule has 13 heavy (non-hydrogen) atoms. The van der Waals surface area contributed by atoms with Gasteiger partial charge in [-0.15, -0.1) is 0 Å². The van der Waals surface area contributed by atoms with E-state index < -0.39 is 0 Å². The van der Waals surface area contributed by atoms with Gasteiger partial charge in [0.1, 0.15) is 5.82 Å². The Kier molecular flexibility index (Phi) is 2.31. The van der Waals surface area contributed by atoms with Gasteiger partial charge in [-0.1, -0.05) is 0 Å². The predicted octanol–water partition coefficient (Wildman–Crippen LogP) is 0.584. The largest absolute Gasteiger partial charge is 0.330 e. The van der Waals surface area contributed by atoms with Crippen molar-refractivity contribution in [2.24, 2.45) is 12.8 Å². The van der Waals surface area contributed by atoms with Crippen molar-refractivity contribution in [3.05, 3.63) is 11.6 Å². The molecule has 1 aliphatic carbocycles. The second-order valence-electron chi connectivity index (χ2n) is 3.68. The molecule has 4 heteroatoms. The fourth-order valence-electron chi connectivity index (χ4n) is 1.51. The fourth-order valence-corrected chi connectivity index (χ4v) is 1.51. The third-order valence-corrected chi connectivity index (χ3v) is 2.39. The first-order chi connectivity index (χ1) is 6.31. The quantitative estimate of drug-likeness (QED) is 0.737. The minimum Gasteiger partial charge on any atom is -0.330 e. The van der Waals surface area contributed by atoms with E-state index in [-0.39, 0.29) is 0 Å². The number of aromatic nitrogens is 3. The van der Waals surface area contributed by atoms with E-state index in [1.54, 1.807) is 0 Å². The second-order valence-corrected chi connectivity index (χ2v) is 3.68. The van der Waals surface area contributed by atoms with Gasteiger partial charge < -0.3 is 5.73 Å². The third kappa shape index (κ3) is 1.88. The summed E-state index contributed by atoms with van der Waals surface area (Å²) in [5.41, 5.74) is 5.43. The number of hydrogen-bond donors (Lipinski definition) is 1. The summed E-state index contributed by atoms with van der Waals surface area (Å²) in [6.07, 6.45) is 4.46. The smallest absolute Gasteiger partial charge is 0.151 e. The summed E-state index contributed by atoms with van der Waals surface area (Å²) in [5.74, 6) is 2.80. The SMILES string of the molecule is Cn1nc(CCCN)nc1C1CC1. The Morgan fingerprint density at radius 3 is 2.92 bits per heavy atom. The molecule has 1 aromatic heterocycles. The van der Waals surface area contributed by atoms with Gasteiger partial charge in [-0.2, -0.15) is 5.10 Å². The van der Waals surface area contributed by atoms with Gasteiger partial charge in [-0.3, -0.25) is 4.68 Å². The molecule has 0 amide bonds. The maximum Gasteiger partial charge on any atom is 0.151 e. The Hall–Kier alpha value is -0.900. The van der Waals surface area contributed by atoms with Crippen LogP contribution in [0.4, 0.5) is 0 Å². The average Bonchev–Trinajstić information content (AvgIpc) is 2.88. The van der Waals surface area contributed by atoms with Crippen LogP contribution in [0.1, 0.15) is 36.8 Å². The van der Waals surface area contributed by atoms with E-state index in [1.165, 1.54) is 12.8 Å². The number of nitrogens with zero attached hydrogens (tertiary/aromatic N) is 3. The van der Waals surface area contributed by atoms with Crippen LogP contribution in [0.5, 0.6) is 0 Å². The molecule has 0 atom stereocenters. The molecule has 1 saturated carbocycles. The summed E-state index contributed by atoms with van der Waals surface area (Å²) >= 11 is 0. The minimum absolute atomic E-state index is 0.684. The molecular weight excluding hydrogens is 164 g/mol. The Labute approximate surface area is 78.1 Å². The molecule has 1 heterocycles. The highest BCUT2D eigenvalue weighted by atomic mass is 15.3. The van der Waals surface area contributed by atoms with Crippen molar-refractivity contribution in [2.45, 2.75) is 31.6 Å². The Balaban J connectivity index is 2.05. The molecule has 0 aliphatic heterocycles. The summed E-state index contributed by atoms with van der Waals surface area (Å²) in [4.78, 5) is 4.51. The maximum absolute atomic E-state index is 5.43. The molecule has 1 aliphatic rings. The molecule has 1 fully saturated rings. The predicted molar refractivity (Wildman–Crippen MR) is 50.4 cm³/mol. The van der Waals surface area contributed by atoms with Gasteiger partial charge in [0.2, 0.25) is 0 Å². The van der Waals surface area contributed by atoms with Crippen molar-refractivity contribution < 1.29 is 0 Å². The van der Waals surface area contributed by atoms with E-state index >= 15 is 0 Å². The molecule has 0 unspecified atom stereocenters. The molecule has 2 rings (SSSR count). The Morgan fingerprint density at radius 1 is 1.54 bits per heavy atom. The molecule has 72 valence electrons. The number of nitrogens with two attached hydrogens (primary N) is 1. The number of hydrogen-bond acceptors (Lipinski definition) is 3. The van der Waals surface area contributed by atoms with Crippen molar-refractivity contribution in [2.75, 3.05) is 6.54 Å². The summed E-state index contributed by atoms with van der Waals surface area (Å²) in [6.45, 7) is 0.719. The van der Waals surface area contributed by atoms with Gasteiger partial charge in [0.15, 0.2) is 5.82 Å². The standard InChI is InChI=1S/C9H16N4/c1-13-9(7-4-5-7)11-8(12-13)3-2-6-10/h7H,2-6,10H2,1H3. The van der Waals surface area contributed by atoms with Crippen LogP contribution in [-0.4, -0.2) is 21.3 Å². The lowest BCUT2D eigenvalue weighted by Gasteiger charge is -1.92. The van der Waals surface area contributed by atoms with Crippen LogP contribution in [0.3, 0.4) is 0 Å². The number of rotatable bonds is 4. The van der Waals surface area contributed by atoms with E-state index in [0.29, 0.717) is 5.92 Å². The maximum atomic E-state index is 5.43. The molecule has 0 saturated heterocycles. The zero-order valence-electron chi connectivity index (χ0n) is 8.03. The minimum atomic E-state index is 0.684. The highest BCUT2D eigenvalue weighted by Crippen LogP contribution is 2.38. The fraction of sp³-hybridized carbons (Fsp3) is 0.778. The van der Waals surface area contributed by atoms with E-state index in [0.717, 1.165) is 31.0 Å². The van der Waals surface area contributed by atoms with Gasteiger partial charge in [0.25, 0.3) is 0 Å². The summed E-state index contributed by atoms with van der Waals surface area (Å²) in [5, 5.41) is 4.36. The van der Waals surface area contributed by atoms with Crippen molar-refractivity contribution in [1.29, 1.82) is 0 Å². The van der Waals surface area contributed by atoms with E-state index in [2.05, 4.69) is 10.1 Å². The summed E-state index contributed by atoms with van der Waals surface area (Å²) in [6, 6.07) is 0. The van der Waals surface area contributed by atoms with Crippen LogP contribution in [0.2, 0.25) is 0 Å². The van der Waals surface area contributed by atoms with Crippen LogP contribution < -0.4 is 5.73 Å². The third-order valence-electron chi connectivity index (χ3n) is 2.39. The topological polar surface area (TPSA) is 56.7 Å². The highest BCUT2D eigenvalue weighted by molar-refractivity contribution is 5.06. The normalized spacial score (nSPS) is 16.5. The first-order valence-corrected chi connectivity index (χ1v) is 4.91. The molecule has 2 N–H and O–H groups in total. The molecule has 0 radical (unpaired) electrons. The average molecular weight is 180 g/mol. The molecule has 4 nitrogen and oxygen atoms in total. The molecule has 0 aromatic carbocycles.